The molecule has 1 aromatic carbocycles. The number of hydrogen-bond donors (Lipinski definition) is 3. The van der Waals surface area contributed by atoms with Crippen LogP contribution in [0, 0.1) is 11.3 Å². The van der Waals surface area contributed by atoms with Gasteiger partial charge in [0.15, 0.2) is 0 Å². The Kier molecular flexibility index (Phi) is 4.91. The van der Waals surface area contributed by atoms with E-state index in [4.69, 9.17) is 15.7 Å². The average molecular weight is 236 g/mol. The van der Waals surface area contributed by atoms with Gasteiger partial charge in [0.1, 0.15) is 11.9 Å². The van der Waals surface area contributed by atoms with Gasteiger partial charge in [0.25, 0.3) is 0 Å². The summed E-state index contributed by atoms with van der Waals surface area (Å²) in [5.74, 6) is 0.438. The third-order valence-corrected chi connectivity index (χ3v) is 2.50. The van der Waals surface area contributed by atoms with Crippen LogP contribution >= 0.6 is 0 Å². The Morgan fingerprint density at radius 3 is 2.71 bits per heavy atom. The zero-order valence-corrected chi connectivity index (χ0v) is 9.63. The number of nitrogens with two attached hydrogens (primary N) is 1. The fraction of sp³-hybridized carbons (Fsp3) is 0.417. The first kappa shape index (κ1) is 13.5. The average Bonchev–Trinajstić information content (AvgIpc) is 2.37. The molecule has 0 fully saturated rings. The lowest BCUT2D eigenvalue weighted by Gasteiger charge is -2.19. The van der Waals surface area contributed by atoms with Crippen LogP contribution in [0.2, 0.25) is 0 Å². The van der Waals surface area contributed by atoms with Crippen molar-refractivity contribution in [2.45, 2.75) is 18.6 Å². The van der Waals surface area contributed by atoms with Crippen LogP contribution in [0.15, 0.2) is 18.2 Å². The predicted molar refractivity (Wildman–Crippen MR) is 62.3 cm³/mol. The molecule has 1 rings (SSSR count). The topological polar surface area (TPSA) is 99.5 Å². The van der Waals surface area contributed by atoms with E-state index in [9.17, 15) is 10.2 Å². The molecule has 0 heterocycles. The summed E-state index contributed by atoms with van der Waals surface area (Å²) in [7, 11) is 1.47. The molecule has 0 saturated carbocycles. The van der Waals surface area contributed by atoms with Crippen LogP contribution in [-0.4, -0.2) is 30.0 Å². The van der Waals surface area contributed by atoms with E-state index in [0.717, 1.165) is 0 Å². The van der Waals surface area contributed by atoms with Gasteiger partial charge in [-0.3, -0.25) is 0 Å². The highest BCUT2D eigenvalue weighted by Gasteiger charge is 2.21. The number of nitrogens with zero attached hydrogens (tertiary/aromatic N) is 1. The molecule has 0 aromatic heterocycles. The zero-order valence-electron chi connectivity index (χ0n) is 9.63. The van der Waals surface area contributed by atoms with E-state index in [2.05, 4.69) is 0 Å². The van der Waals surface area contributed by atoms with E-state index >= 15 is 0 Å². The number of ether oxygens (including phenoxy) is 1. The van der Waals surface area contributed by atoms with Gasteiger partial charge < -0.3 is 20.7 Å². The van der Waals surface area contributed by atoms with E-state index in [1.807, 2.05) is 6.07 Å². The Morgan fingerprint density at radius 2 is 2.18 bits per heavy atom. The molecule has 0 saturated heterocycles. The highest BCUT2D eigenvalue weighted by molar-refractivity contribution is 5.43. The third kappa shape index (κ3) is 3.17. The highest BCUT2D eigenvalue weighted by Crippen LogP contribution is 2.29. The molecule has 0 spiro atoms. The normalized spacial score (nSPS) is 13.8. The lowest BCUT2D eigenvalue weighted by Crippen LogP contribution is -2.22. The van der Waals surface area contributed by atoms with Crippen LogP contribution < -0.4 is 10.5 Å². The lowest BCUT2D eigenvalue weighted by molar-refractivity contribution is 0.0137. The second kappa shape index (κ2) is 6.21. The van der Waals surface area contributed by atoms with E-state index < -0.39 is 12.2 Å². The summed E-state index contributed by atoms with van der Waals surface area (Å²) < 4.78 is 5.08. The van der Waals surface area contributed by atoms with Gasteiger partial charge in [0, 0.05) is 5.56 Å². The predicted octanol–water partition coefficient (Wildman–Crippen LogP) is 0.310. The van der Waals surface area contributed by atoms with Crippen LogP contribution in [-0.2, 0) is 0 Å². The number of hydrogen-bond acceptors (Lipinski definition) is 5. The molecule has 0 aliphatic heterocycles. The minimum absolute atomic E-state index is 0.276. The number of methoxy groups -OCH3 is 1. The molecule has 0 bridgehead atoms. The molecule has 0 amide bonds. The summed E-state index contributed by atoms with van der Waals surface area (Å²) >= 11 is 0. The second-order valence-electron chi connectivity index (χ2n) is 3.66. The maximum atomic E-state index is 9.96. The van der Waals surface area contributed by atoms with Crippen LogP contribution in [0.5, 0.6) is 5.75 Å². The first-order valence-corrected chi connectivity index (χ1v) is 5.28. The van der Waals surface area contributed by atoms with Crippen LogP contribution in [0.3, 0.4) is 0 Å². The van der Waals surface area contributed by atoms with Crippen molar-refractivity contribution in [3.63, 3.8) is 0 Å². The maximum absolute atomic E-state index is 9.96. The van der Waals surface area contributed by atoms with Crippen LogP contribution in [0.1, 0.15) is 23.7 Å². The molecule has 0 radical (unpaired) electrons. The molecule has 2 unspecified atom stereocenters. The van der Waals surface area contributed by atoms with Crippen molar-refractivity contribution in [2.75, 3.05) is 13.7 Å². The number of benzene rings is 1. The fourth-order valence-electron chi connectivity index (χ4n) is 1.57. The fourth-order valence-corrected chi connectivity index (χ4v) is 1.57. The first-order chi connectivity index (χ1) is 8.13. The van der Waals surface area contributed by atoms with Crippen molar-refractivity contribution in [2.24, 2.45) is 5.73 Å². The van der Waals surface area contributed by atoms with Crippen molar-refractivity contribution in [3.05, 3.63) is 29.3 Å². The minimum Gasteiger partial charge on any atom is -0.496 e. The summed E-state index contributed by atoms with van der Waals surface area (Å²) in [5.41, 5.74) is 6.12. The summed E-state index contributed by atoms with van der Waals surface area (Å²) in [6.07, 6.45) is -1.80. The van der Waals surface area contributed by atoms with Crippen LogP contribution in [0.4, 0.5) is 0 Å². The molecule has 4 N–H and O–H groups in total. The van der Waals surface area contributed by atoms with Crippen molar-refractivity contribution >= 4 is 0 Å². The monoisotopic (exact) mass is 236 g/mol. The van der Waals surface area contributed by atoms with Gasteiger partial charge >= 0.3 is 0 Å². The lowest BCUT2D eigenvalue weighted by atomic mass is 9.99. The summed E-state index contributed by atoms with van der Waals surface area (Å²) in [4.78, 5) is 0. The molecule has 17 heavy (non-hydrogen) atoms. The Labute approximate surface area is 100 Å². The van der Waals surface area contributed by atoms with Gasteiger partial charge in [0.2, 0.25) is 0 Å². The van der Waals surface area contributed by atoms with Crippen molar-refractivity contribution < 1.29 is 14.9 Å². The summed E-state index contributed by atoms with van der Waals surface area (Å²) in [5, 5.41) is 28.4. The Hall–Kier alpha value is -1.61. The number of nitriles is 1. The van der Waals surface area contributed by atoms with Gasteiger partial charge in [-0.25, -0.2) is 0 Å². The number of aliphatic hydroxyl groups excluding tert-OH is 2. The number of aliphatic hydroxyl groups is 2. The standard InChI is InChI=1S/C12H16N2O3/c1-17-11-3-2-8(7-14)6-9(11)12(16)10(15)4-5-13/h2-3,6,10,12,15-16H,4-5,13H2,1H3. The Morgan fingerprint density at radius 1 is 1.47 bits per heavy atom. The highest BCUT2D eigenvalue weighted by atomic mass is 16.5. The van der Waals surface area contributed by atoms with E-state index in [0.29, 0.717) is 16.9 Å². The van der Waals surface area contributed by atoms with Gasteiger partial charge in [-0.1, -0.05) is 0 Å². The molecule has 5 heteroatoms. The van der Waals surface area contributed by atoms with Gasteiger partial charge in [-0.15, -0.1) is 0 Å². The van der Waals surface area contributed by atoms with Crippen molar-refractivity contribution in [3.8, 4) is 11.8 Å². The number of rotatable bonds is 5. The van der Waals surface area contributed by atoms with E-state index in [1.54, 1.807) is 12.1 Å². The second-order valence-corrected chi connectivity index (χ2v) is 3.66. The molecule has 1 aromatic rings. The van der Waals surface area contributed by atoms with Gasteiger partial charge in [-0.2, -0.15) is 5.26 Å². The third-order valence-electron chi connectivity index (χ3n) is 2.50. The summed E-state index contributed by atoms with van der Waals surface area (Å²) in [6, 6.07) is 6.65. The molecule has 0 aliphatic carbocycles. The molecular formula is C12H16N2O3. The molecule has 2 atom stereocenters. The van der Waals surface area contributed by atoms with Crippen LogP contribution in [0.25, 0.3) is 0 Å². The SMILES string of the molecule is COc1ccc(C#N)cc1C(O)C(O)CCN. The van der Waals surface area contributed by atoms with Gasteiger partial charge in [-0.05, 0) is 31.2 Å². The minimum atomic E-state index is -1.11. The molecule has 92 valence electrons. The van der Waals surface area contributed by atoms with Crippen molar-refractivity contribution in [1.82, 2.24) is 0 Å². The maximum Gasteiger partial charge on any atom is 0.124 e. The van der Waals surface area contributed by atoms with E-state index in [1.165, 1.54) is 13.2 Å². The zero-order chi connectivity index (χ0) is 12.8. The smallest absolute Gasteiger partial charge is 0.124 e. The molecule has 5 nitrogen and oxygen atoms in total. The largest absolute Gasteiger partial charge is 0.496 e. The summed E-state index contributed by atoms with van der Waals surface area (Å²) in [6.45, 7) is 0.276. The molecule has 0 aliphatic rings. The van der Waals surface area contributed by atoms with E-state index in [-0.39, 0.29) is 13.0 Å². The van der Waals surface area contributed by atoms with Crippen molar-refractivity contribution in [1.29, 1.82) is 5.26 Å². The molecular weight excluding hydrogens is 220 g/mol. The first-order valence-electron chi connectivity index (χ1n) is 5.28. The Balaban J connectivity index is 3.05. The Bertz CT molecular complexity index is 415. The quantitative estimate of drug-likeness (QED) is 0.683. The van der Waals surface area contributed by atoms with Gasteiger partial charge in [0.05, 0.1) is 24.8 Å².